The number of hydrogen-bond acceptors (Lipinski definition) is 16. The van der Waals surface area contributed by atoms with Crippen molar-refractivity contribution in [3.05, 3.63) is 11.8 Å². The zero-order valence-corrected chi connectivity index (χ0v) is 40.3. The molecule has 10 amide bonds. The molecule has 1 saturated heterocycles. The summed E-state index contributed by atoms with van der Waals surface area (Å²) in [6.07, 6.45) is 0.273. The number of nitrogens with one attached hydrogen (secondary N) is 8. The highest BCUT2D eigenvalue weighted by Crippen LogP contribution is 2.13. The molecule has 0 spiro atoms. The van der Waals surface area contributed by atoms with Gasteiger partial charge in [-0.3, -0.25) is 68.1 Å². The van der Waals surface area contributed by atoms with Crippen LogP contribution >= 0.6 is 0 Å². The van der Waals surface area contributed by atoms with Gasteiger partial charge in [-0.15, -0.1) is 0 Å². The Morgan fingerprint density at radius 2 is 1.40 bits per heavy atom. The molecule has 0 bridgehead atoms. The monoisotopic (exact) mass is 999 g/mol. The third-order valence-electron chi connectivity index (χ3n) is 10.8. The van der Waals surface area contributed by atoms with Gasteiger partial charge in [-0.25, -0.2) is 10.1 Å². The number of carbonyl (C=O) groups is 11. The zero-order chi connectivity index (χ0) is 53.6. The van der Waals surface area contributed by atoms with Gasteiger partial charge in [0.15, 0.2) is 5.96 Å². The Morgan fingerprint density at radius 1 is 0.814 bits per heavy atom. The quantitative estimate of drug-likeness (QED) is 0.00867. The number of aliphatic imine (C=N–C) groups is 1. The number of carbonyl (C=O) groups excluding carboxylic acids is 10. The summed E-state index contributed by atoms with van der Waals surface area (Å²) >= 11 is 0. The molecule has 1 aliphatic heterocycles. The van der Waals surface area contributed by atoms with Crippen LogP contribution < -0.4 is 59.7 Å². The highest BCUT2D eigenvalue weighted by molar-refractivity contribution is 6.01. The van der Waals surface area contributed by atoms with Crippen LogP contribution in [0.15, 0.2) is 16.8 Å². The first-order chi connectivity index (χ1) is 32.6. The molecule has 394 valence electrons. The van der Waals surface area contributed by atoms with Gasteiger partial charge >= 0.3 is 5.97 Å². The summed E-state index contributed by atoms with van der Waals surface area (Å²) in [5.41, 5.74) is 16.0. The second-order valence-corrected chi connectivity index (χ2v) is 16.7. The molecule has 29 heteroatoms. The van der Waals surface area contributed by atoms with Gasteiger partial charge in [0.1, 0.15) is 41.9 Å². The summed E-state index contributed by atoms with van der Waals surface area (Å²) in [5.74, 6) is -13.3. The summed E-state index contributed by atoms with van der Waals surface area (Å²) in [6, 6.07) is -9.15. The van der Waals surface area contributed by atoms with Crippen LogP contribution in [0.1, 0.15) is 87.0 Å². The van der Waals surface area contributed by atoms with Crippen LogP contribution in [0.4, 0.5) is 0 Å². The van der Waals surface area contributed by atoms with Gasteiger partial charge in [-0.1, -0.05) is 13.0 Å². The maximum Gasteiger partial charge on any atom is 0.308 e. The molecule has 70 heavy (non-hydrogen) atoms. The average Bonchev–Trinajstić information content (AvgIpc) is 3.29. The Kier molecular flexibility index (Phi) is 26.0. The van der Waals surface area contributed by atoms with Gasteiger partial charge in [0, 0.05) is 32.6 Å². The van der Waals surface area contributed by atoms with Gasteiger partial charge in [0.05, 0.1) is 24.5 Å². The lowest BCUT2D eigenvalue weighted by Crippen LogP contribution is -2.58. The second-order valence-electron chi connectivity index (χ2n) is 16.7. The van der Waals surface area contributed by atoms with Crippen molar-refractivity contribution in [2.45, 2.75) is 135 Å². The van der Waals surface area contributed by atoms with Crippen LogP contribution in [0.25, 0.3) is 0 Å². The maximum absolute atomic E-state index is 13.6. The lowest BCUT2D eigenvalue weighted by atomic mass is 9.96. The Hall–Kier alpha value is -6.98. The highest BCUT2D eigenvalue weighted by Gasteiger charge is 2.37. The Labute approximate surface area is 403 Å². The fraction of sp³-hybridized carbons (Fsp3) is 0.659. The molecule has 10 atom stereocenters. The number of aliphatic hydroxyl groups is 1. The molecule has 0 radical (unpaired) electrons. The van der Waals surface area contributed by atoms with Crippen molar-refractivity contribution in [3.8, 4) is 0 Å². The lowest BCUT2D eigenvalue weighted by Gasteiger charge is -2.29. The number of rotatable bonds is 28. The van der Waals surface area contributed by atoms with Crippen LogP contribution in [0.5, 0.6) is 0 Å². The van der Waals surface area contributed by atoms with E-state index in [9.17, 15) is 73.4 Å². The van der Waals surface area contributed by atoms with Crippen molar-refractivity contribution in [1.82, 2.24) is 52.7 Å². The lowest BCUT2D eigenvalue weighted by molar-refractivity contribution is -0.173. The molecule has 10 unspecified atom stereocenters. The van der Waals surface area contributed by atoms with Gasteiger partial charge in [0.2, 0.25) is 47.3 Å². The van der Waals surface area contributed by atoms with E-state index in [0.717, 1.165) is 19.9 Å². The Morgan fingerprint density at radius 3 is 1.97 bits per heavy atom. The third kappa shape index (κ3) is 20.7. The molecule has 18 N–H and O–H groups in total. The van der Waals surface area contributed by atoms with Crippen molar-refractivity contribution in [3.63, 3.8) is 0 Å². The largest absolute Gasteiger partial charge is 0.481 e. The van der Waals surface area contributed by atoms with Crippen molar-refractivity contribution < 1.29 is 73.4 Å². The molecule has 0 aromatic carbocycles. The summed E-state index contributed by atoms with van der Waals surface area (Å²) in [6.45, 7) is 7.87. The first-order valence-corrected chi connectivity index (χ1v) is 22.4. The van der Waals surface area contributed by atoms with E-state index < -0.39 is 138 Å². The number of piperidine rings is 1. The maximum atomic E-state index is 13.6. The third-order valence-corrected chi connectivity index (χ3v) is 10.8. The first-order valence-electron chi connectivity index (χ1n) is 22.4. The van der Waals surface area contributed by atoms with Crippen LogP contribution in [-0.2, 0) is 52.7 Å². The van der Waals surface area contributed by atoms with Crippen molar-refractivity contribution in [2.24, 2.45) is 34.0 Å². The molecule has 29 nitrogen and oxygen atoms in total. The number of carboxylic acids is 1. The smallest absolute Gasteiger partial charge is 0.308 e. The van der Waals surface area contributed by atoms with E-state index in [0.29, 0.717) is 16.5 Å². The van der Waals surface area contributed by atoms with E-state index in [1.54, 1.807) is 0 Å². The highest BCUT2D eigenvalue weighted by atomic mass is 16.5. The minimum absolute atomic E-state index is 0.0279. The van der Waals surface area contributed by atoms with E-state index in [2.05, 4.69) is 47.5 Å². The summed E-state index contributed by atoms with van der Waals surface area (Å²) < 4.78 is 0. The molecular weight excluding hydrogens is 929 g/mol. The number of amides is 10. The number of nitrogens with zero attached hydrogens (tertiary/aromatic N) is 3. The number of carboxylic acid groups (broad SMARTS) is 1. The molecule has 0 aromatic rings. The van der Waals surface area contributed by atoms with Crippen LogP contribution in [0.3, 0.4) is 0 Å². The van der Waals surface area contributed by atoms with E-state index >= 15 is 0 Å². The van der Waals surface area contributed by atoms with Gasteiger partial charge in [0.25, 0.3) is 11.8 Å². The molecular formula is C41H70N14O15. The Balaban J connectivity index is 3.09. The fourth-order valence-corrected chi connectivity index (χ4v) is 6.42. The molecule has 0 aromatic heterocycles. The number of nitrogens with two attached hydrogens (primary N) is 3. The topological polar surface area (TPSA) is 462 Å². The first kappa shape index (κ1) is 61.0. The van der Waals surface area contributed by atoms with E-state index in [4.69, 9.17) is 17.2 Å². The van der Waals surface area contributed by atoms with Crippen LogP contribution in [0, 0.1) is 11.8 Å². The minimum Gasteiger partial charge on any atom is -0.481 e. The summed E-state index contributed by atoms with van der Waals surface area (Å²) in [7, 11) is 0. The van der Waals surface area contributed by atoms with Crippen LogP contribution in [0.2, 0.25) is 0 Å². The van der Waals surface area contributed by atoms with Crippen LogP contribution in [-0.4, -0.2) is 176 Å². The summed E-state index contributed by atoms with van der Waals surface area (Å²) in [4.78, 5) is 145. The number of aliphatic hydroxyl groups excluding tert-OH is 1. The molecule has 1 heterocycles. The molecule has 1 fully saturated rings. The van der Waals surface area contributed by atoms with Crippen molar-refractivity contribution in [2.75, 3.05) is 26.2 Å². The van der Waals surface area contributed by atoms with Gasteiger partial charge in [-0.2, -0.15) is 0 Å². The van der Waals surface area contributed by atoms with Gasteiger partial charge in [-0.05, 0) is 73.1 Å². The van der Waals surface area contributed by atoms with E-state index in [1.807, 2.05) is 0 Å². The minimum atomic E-state index is -1.70. The fourth-order valence-electron chi connectivity index (χ4n) is 6.42. The predicted molar refractivity (Wildman–Crippen MR) is 245 cm³/mol. The second kappa shape index (κ2) is 29.8. The van der Waals surface area contributed by atoms with Gasteiger partial charge < -0.3 is 69.9 Å². The van der Waals surface area contributed by atoms with E-state index in [1.165, 1.54) is 34.6 Å². The molecule has 0 saturated carbocycles. The van der Waals surface area contributed by atoms with Crippen molar-refractivity contribution >= 4 is 71.0 Å². The average molecular weight is 999 g/mol. The number of hydrogen-bond donors (Lipinski definition) is 15. The molecule has 1 aliphatic rings. The molecule has 0 aliphatic carbocycles. The van der Waals surface area contributed by atoms with Crippen molar-refractivity contribution in [1.29, 1.82) is 0 Å². The number of hydroxylamine groups is 4. The standard InChI is InChI=1S/C41H70N14O15/c1-8-25(49-29(57)18-46-33(60)22(5)48-38(65)30(19(2)40(67)68)53-32(59)20(3)31(58)21(4)42)35(62)51-27(13-10-16-54(69)24(7)56)36(63)47-23(6)34(61)50-26(12-9-15-45-41(43)44)37(64)52-28-14-11-17-55(70)39(28)66/h8,19-23,26-28,30-31,58,69-70H,9-18,42H2,1-7H3,(H,46,60)(H,47,63)(H,48,65)(H,49,57)(H,50,61)(H,51,62)(H,52,64)(H,53,59)(H,67,68)(H4,43,44,45). The summed E-state index contributed by atoms with van der Waals surface area (Å²) in [5, 5.41) is 59.2. The number of allylic oxidation sites excluding steroid dienone is 1. The molecule has 1 rings (SSSR count). The Bertz CT molecular complexity index is 1960. The number of aliphatic carboxylic acids is 1. The predicted octanol–water partition coefficient (Wildman–Crippen LogP) is -5.78. The SMILES string of the molecule is CC=C(NC(=O)CNC(=O)C(C)NC(=O)C(NC(=O)C(C)C(O)C(C)N)C(C)C(=O)O)C(=O)NC(CCCN(O)C(C)=O)C(=O)NC(C)C(=O)NC(CCCN=C(N)N)C(=O)NC1CCCN(O)C1=O. The number of guanidine groups is 1. The normalized spacial score (nSPS) is 17.5. The zero-order valence-electron chi connectivity index (χ0n) is 40.3. The van der Waals surface area contributed by atoms with E-state index in [-0.39, 0.29) is 57.7 Å².